The average molecular weight is 351 g/mol. The van der Waals surface area contributed by atoms with Gasteiger partial charge in [0.2, 0.25) is 0 Å². The van der Waals surface area contributed by atoms with Crippen molar-refractivity contribution in [1.29, 1.82) is 0 Å². The largest absolute Gasteiger partial charge is 2.00 e. The Hall–Kier alpha value is 0.818. The van der Waals surface area contributed by atoms with Crippen LogP contribution in [0.4, 0.5) is 0 Å². The van der Waals surface area contributed by atoms with Crippen molar-refractivity contribution in [2.75, 3.05) is 26.2 Å². The molecule has 0 aliphatic carbocycles. The van der Waals surface area contributed by atoms with E-state index < -0.39 is 0 Å². The molecule has 0 aliphatic rings. The summed E-state index contributed by atoms with van der Waals surface area (Å²) in [5, 5.41) is 0. The van der Waals surface area contributed by atoms with Crippen molar-refractivity contribution in [2.45, 2.75) is 0 Å². The van der Waals surface area contributed by atoms with Crippen LogP contribution in [0.15, 0.2) is 0 Å². The molecule has 0 saturated heterocycles. The number of hydrogen-bond donors (Lipinski definition) is 4. The van der Waals surface area contributed by atoms with Crippen molar-refractivity contribution in [3.05, 3.63) is 0 Å². The van der Waals surface area contributed by atoms with Gasteiger partial charge in [-0.3, -0.25) is 0 Å². The van der Waals surface area contributed by atoms with Crippen LogP contribution >= 0.6 is 0 Å². The van der Waals surface area contributed by atoms with Crippen LogP contribution in [0.1, 0.15) is 0 Å². The van der Waals surface area contributed by atoms with Gasteiger partial charge in [0.05, 0.1) is 0 Å². The first kappa shape index (κ1) is 22.4. The second-order valence-electron chi connectivity index (χ2n) is 1.15. The van der Waals surface area contributed by atoms with E-state index in [0.29, 0.717) is 26.2 Å². The molecule has 0 aromatic rings. The molecule has 8 N–H and O–H groups in total. The van der Waals surface area contributed by atoms with E-state index in [9.17, 15) is 0 Å². The Bertz CT molecular complexity index is 25.2. The van der Waals surface area contributed by atoms with Gasteiger partial charge in [-0.1, -0.05) is 0 Å². The Morgan fingerprint density at radius 1 is 0.600 bits per heavy atom. The third-order valence-corrected chi connectivity index (χ3v) is 0.333. The molecule has 0 atom stereocenters. The molecule has 0 heterocycles. The third kappa shape index (κ3) is 67.9. The molecule has 0 aliphatic heterocycles. The van der Waals surface area contributed by atoms with E-state index in [1.165, 1.54) is 0 Å². The van der Waals surface area contributed by atoms with E-state index >= 15 is 0 Å². The van der Waals surface area contributed by atoms with Gasteiger partial charge in [-0.2, -0.15) is 0 Å². The number of rotatable bonds is 2. The van der Waals surface area contributed by atoms with E-state index in [-0.39, 0.29) is 33.5 Å². The Morgan fingerprint density at radius 3 is 0.700 bits per heavy atom. The molecular formula is C4H16ClN4Pt+. The summed E-state index contributed by atoms with van der Waals surface area (Å²) in [5.41, 5.74) is 19.6. The number of nitrogens with two attached hydrogens (primary N) is 4. The number of halogens is 1. The van der Waals surface area contributed by atoms with E-state index in [1.54, 1.807) is 0 Å². The maximum atomic E-state index is 4.90. The van der Waals surface area contributed by atoms with Crippen molar-refractivity contribution in [3.8, 4) is 0 Å². The van der Waals surface area contributed by atoms with Gasteiger partial charge in [0, 0.05) is 26.2 Å². The Morgan fingerprint density at radius 2 is 0.700 bits per heavy atom. The molecule has 0 saturated carbocycles. The molecule has 0 aromatic carbocycles. The molecule has 0 amide bonds. The fraction of sp³-hybridized carbons (Fsp3) is 1.00. The summed E-state index contributed by atoms with van der Waals surface area (Å²) in [6.07, 6.45) is 0. The second-order valence-corrected chi connectivity index (χ2v) is 1.15. The average Bonchev–Trinajstić information content (AvgIpc) is 1.88. The van der Waals surface area contributed by atoms with Crippen LogP contribution in [0.25, 0.3) is 0 Å². The van der Waals surface area contributed by atoms with Gasteiger partial charge in [0.15, 0.2) is 0 Å². The van der Waals surface area contributed by atoms with Crippen LogP contribution in [-0.2, 0) is 21.1 Å². The van der Waals surface area contributed by atoms with E-state index in [2.05, 4.69) is 0 Å². The maximum absolute atomic E-state index is 4.90. The standard InChI is InChI=1S/2C2H8N2.ClH.Pt/c2*3-1-2-4;;/h2*1-4H2;1H;/q;;;+2/p-1. The van der Waals surface area contributed by atoms with Crippen molar-refractivity contribution in [2.24, 2.45) is 22.9 Å². The summed E-state index contributed by atoms with van der Waals surface area (Å²) in [7, 11) is 0. The van der Waals surface area contributed by atoms with Crippen molar-refractivity contribution in [3.63, 3.8) is 0 Å². The molecule has 0 radical (unpaired) electrons. The minimum absolute atomic E-state index is 0. The molecule has 10 heavy (non-hydrogen) atoms. The fourth-order valence-electron chi connectivity index (χ4n) is 0. The van der Waals surface area contributed by atoms with Crippen LogP contribution in [0.5, 0.6) is 0 Å². The minimum Gasteiger partial charge on any atom is -1.00 e. The van der Waals surface area contributed by atoms with Gasteiger partial charge in [-0.25, -0.2) is 0 Å². The van der Waals surface area contributed by atoms with Crippen LogP contribution in [0.3, 0.4) is 0 Å². The predicted molar refractivity (Wildman–Crippen MR) is 36.2 cm³/mol. The third-order valence-electron chi connectivity index (χ3n) is 0.333. The molecule has 68 valence electrons. The molecule has 0 aromatic heterocycles. The first-order chi connectivity index (χ1) is 3.83. The molecule has 0 fully saturated rings. The minimum atomic E-state index is 0. The Balaban J connectivity index is -0.0000000300. The topological polar surface area (TPSA) is 104 Å². The van der Waals surface area contributed by atoms with Crippen molar-refractivity contribution < 1.29 is 33.5 Å². The molecule has 0 bridgehead atoms. The van der Waals surface area contributed by atoms with Gasteiger partial charge in [0.1, 0.15) is 0 Å². The van der Waals surface area contributed by atoms with Crippen LogP contribution in [0, 0.1) is 0 Å². The fourth-order valence-corrected chi connectivity index (χ4v) is 0. The zero-order valence-corrected chi connectivity index (χ0v) is 8.86. The van der Waals surface area contributed by atoms with E-state index in [4.69, 9.17) is 22.9 Å². The van der Waals surface area contributed by atoms with E-state index in [0.717, 1.165) is 0 Å². The predicted octanol–water partition coefficient (Wildman–Crippen LogP) is -5.19. The molecule has 0 rings (SSSR count). The van der Waals surface area contributed by atoms with Gasteiger partial charge in [0.25, 0.3) is 0 Å². The molecular weight excluding hydrogens is 335 g/mol. The smallest absolute Gasteiger partial charge is 1.00 e. The van der Waals surface area contributed by atoms with E-state index in [1.807, 2.05) is 0 Å². The summed E-state index contributed by atoms with van der Waals surface area (Å²) in [6, 6.07) is 0. The van der Waals surface area contributed by atoms with Crippen molar-refractivity contribution >= 4 is 0 Å². The number of hydrogen-bond acceptors (Lipinski definition) is 4. The van der Waals surface area contributed by atoms with Gasteiger partial charge >= 0.3 is 21.1 Å². The zero-order chi connectivity index (χ0) is 6.83. The summed E-state index contributed by atoms with van der Waals surface area (Å²) >= 11 is 0. The SMILES string of the molecule is NCCN.NCCN.[Cl-].[Pt+2]. The van der Waals surface area contributed by atoms with Gasteiger partial charge in [-0.05, 0) is 0 Å². The van der Waals surface area contributed by atoms with Gasteiger partial charge in [-0.15, -0.1) is 0 Å². The monoisotopic (exact) mass is 350 g/mol. The first-order valence-corrected chi connectivity index (χ1v) is 2.63. The summed E-state index contributed by atoms with van der Waals surface area (Å²) < 4.78 is 0. The molecule has 6 heteroatoms. The zero-order valence-electron chi connectivity index (χ0n) is 5.83. The van der Waals surface area contributed by atoms with Crippen LogP contribution < -0.4 is 35.3 Å². The van der Waals surface area contributed by atoms with Crippen LogP contribution in [0.2, 0.25) is 0 Å². The second kappa shape index (κ2) is 32.9. The first-order valence-electron chi connectivity index (χ1n) is 2.63. The molecule has 0 unspecified atom stereocenters. The van der Waals surface area contributed by atoms with Crippen LogP contribution in [-0.4, -0.2) is 26.2 Å². The maximum Gasteiger partial charge on any atom is 2.00 e. The Labute approximate surface area is 82.7 Å². The summed E-state index contributed by atoms with van der Waals surface area (Å²) in [6.45, 7) is 2.39. The molecule has 0 spiro atoms. The summed E-state index contributed by atoms with van der Waals surface area (Å²) in [5.74, 6) is 0. The quantitative estimate of drug-likeness (QED) is 0.400. The Kier molecular flexibility index (Phi) is 73.8. The summed E-state index contributed by atoms with van der Waals surface area (Å²) in [4.78, 5) is 0. The van der Waals surface area contributed by atoms with Gasteiger partial charge < -0.3 is 35.3 Å². The van der Waals surface area contributed by atoms with Crippen molar-refractivity contribution in [1.82, 2.24) is 0 Å². The molecule has 4 nitrogen and oxygen atoms in total. The normalized spacial score (nSPS) is 6.00.